The standard InChI is InChI=1S/C7H15N2O4P/c1-9(12)7(11)4-8-6(10)5-14(2,3)13/h12H,4-5H2,1-3H3,(H,8,10). The first-order valence-electron chi connectivity index (χ1n) is 3.98. The smallest absolute Gasteiger partial charge is 0.265 e. The number of rotatable bonds is 4. The van der Waals surface area contributed by atoms with Crippen LogP contribution in [0.4, 0.5) is 0 Å². The Kier molecular flexibility index (Phi) is 4.80. The van der Waals surface area contributed by atoms with Crippen molar-refractivity contribution in [1.29, 1.82) is 0 Å². The van der Waals surface area contributed by atoms with Gasteiger partial charge in [-0.1, -0.05) is 0 Å². The van der Waals surface area contributed by atoms with Gasteiger partial charge in [-0.3, -0.25) is 14.8 Å². The van der Waals surface area contributed by atoms with E-state index in [1.54, 1.807) is 0 Å². The minimum Gasteiger partial charge on any atom is -0.347 e. The first-order chi connectivity index (χ1) is 6.22. The molecular formula is C7H15N2O4P. The maximum atomic E-state index is 11.2. The fourth-order valence-electron chi connectivity index (χ4n) is 0.690. The largest absolute Gasteiger partial charge is 0.347 e. The van der Waals surface area contributed by atoms with Crippen LogP contribution in [-0.2, 0) is 14.2 Å². The van der Waals surface area contributed by atoms with Gasteiger partial charge in [-0.05, 0) is 13.3 Å². The molecule has 0 aromatic heterocycles. The molecule has 2 amide bonds. The molecule has 0 aromatic carbocycles. The molecule has 0 aromatic rings. The average Bonchev–Trinajstić information content (AvgIpc) is 1.96. The van der Waals surface area contributed by atoms with Crippen LogP contribution >= 0.6 is 7.14 Å². The van der Waals surface area contributed by atoms with Gasteiger partial charge in [0.15, 0.2) is 0 Å². The SMILES string of the molecule is CN(O)C(=O)CNC(=O)CP(C)(C)=O. The fraction of sp³-hybridized carbons (Fsp3) is 0.714. The summed E-state index contributed by atoms with van der Waals surface area (Å²) in [6.45, 7) is 2.70. The van der Waals surface area contributed by atoms with Crippen LogP contribution in [0.2, 0.25) is 0 Å². The Hall–Kier alpha value is -0.870. The number of hydroxylamine groups is 2. The molecule has 0 rings (SSSR count). The minimum atomic E-state index is -2.40. The normalized spacial score (nSPS) is 10.9. The van der Waals surface area contributed by atoms with Crippen molar-refractivity contribution in [2.24, 2.45) is 0 Å². The fourth-order valence-corrected chi connectivity index (χ4v) is 1.49. The molecular weight excluding hydrogens is 207 g/mol. The van der Waals surface area contributed by atoms with Gasteiger partial charge in [0, 0.05) is 7.05 Å². The van der Waals surface area contributed by atoms with Gasteiger partial charge in [0.25, 0.3) is 5.91 Å². The van der Waals surface area contributed by atoms with Crippen LogP contribution in [0.1, 0.15) is 0 Å². The summed E-state index contributed by atoms with van der Waals surface area (Å²) in [6, 6.07) is 0. The molecule has 0 aliphatic heterocycles. The maximum absolute atomic E-state index is 11.2. The van der Waals surface area contributed by atoms with Gasteiger partial charge >= 0.3 is 0 Å². The van der Waals surface area contributed by atoms with Crippen LogP contribution in [0.15, 0.2) is 0 Å². The zero-order valence-corrected chi connectivity index (χ0v) is 9.38. The van der Waals surface area contributed by atoms with E-state index in [-0.39, 0.29) is 12.7 Å². The Morgan fingerprint density at radius 3 is 2.29 bits per heavy atom. The van der Waals surface area contributed by atoms with Crippen LogP contribution in [0, 0.1) is 0 Å². The molecule has 0 fully saturated rings. The highest BCUT2D eigenvalue weighted by molar-refractivity contribution is 7.63. The van der Waals surface area contributed by atoms with Crippen LogP contribution in [0.3, 0.4) is 0 Å². The van der Waals surface area contributed by atoms with E-state index >= 15 is 0 Å². The number of nitrogens with one attached hydrogen (secondary N) is 1. The lowest BCUT2D eigenvalue weighted by molar-refractivity contribution is -0.158. The van der Waals surface area contributed by atoms with Crippen molar-refractivity contribution in [1.82, 2.24) is 10.4 Å². The lowest BCUT2D eigenvalue weighted by Gasteiger charge is -2.10. The Balaban J connectivity index is 3.87. The number of likely N-dealkylation sites (N-methyl/N-ethyl adjacent to an activating group) is 1. The maximum Gasteiger partial charge on any atom is 0.265 e. The van der Waals surface area contributed by atoms with E-state index in [1.165, 1.54) is 20.4 Å². The van der Waals surface area contributed by atoms with E-state index in [9.17, 15) is 14.2 Å². The lowest BCUT2D eigenvalue weighted by Crippen LogP contribution is -2.37. The predicted molar refractivity (Wildman–Crippen MR) is 51.9 cm³/mol. The molecule has 0 spiro atoms. The molecule has 0 aliphatic rings. The summed E-state index contributed by atoms with van der Waals surface area (Å²) >= 11 is 0. The molecule has 14 heavy (non-hydrogen) atoms. The van der Waals surface area contributed by atoms with E-state index in [0.29, 0.717) is 5.06 Å². The van der Waals surface area contributed by atoms with E-state index < -0.39 is 19.0 Å². The van der Waals surface area contributed by atoms with Gasteiger partial charge in [-0.25, -0.2) is 5.06 Å². The molecule has 6 nitrogen and oxygen atoms in total. The minimum absolute atomic E-state index is 0.0879. The van der Waals surface area contributed by atoms with Crippen LogP contribution in [0.25, 0.3) is 0 Å². The summed E-state index contributed by atoms with van der Waals surface area (Å²) in [7, 11) is -1.24. The number of amides is 2. The summed E-state index contributed by atoms with van der Waals surface area (Å²) < 4.78 is 11.2. The highest BCUT2D eigenvalue weighted by Crippen LogP contribution is 2.34. The number of hydrogen-bond acceptors (Lipinski definition) is 4. The molecule has 0 radical (unpaired) electrons. The van der Waals surface area contributed by atoms with Crippen molar-refractivity contribution in [3.8, 4) is 0 Å². The van der Waals surface area contributed by atoms with Crippen molar-refractivity contribution in [2.75, 3.05) is 33.1 Å². The Morgan fingerprint density at radius 2 is 1.93 bits per heavy atom. The second-order valence-electron chi connectivity index (χ2n) is 3.43. The highest BCUT2D eigenvalue weighted by Gasteiger charge is 2.15. The second-order valence-corrected chi connectivity index (χ2v) is 6.89. The molecule has 0 bridgehead atoms. The van der Waals surface area contributed by atoms with E-state index in [0.717, 1.165) is 0 Å². The van der Waals surface area contributed by atoms with Crippen molar-refractivity contribution < 1.29 is 19.4 Å². The molecule has 0 heterocycles. The monoisotopic (exact) mass is 222 g/mol. The molecule has 0 unspecified atom stereocenters. The van der Waals surface area contributed by atoms with Crippen molar-refractivity contribution in [2.45, 2.75) is 0 Å². The van der Waals surface area contributed by atoms with Crippen LogP contribution in [0.5, 0.6) is 0 Å². The first-order valence-corrected chi connectivity index (χ1v) is 6.77. The molecule has 0 atom stereocenters. The molecule has 0 aliphatic carbocycles. The summed E-state index contributed by atoms with van der Waals surface area (Å²) in [4.78, 5) is 21.9. The zero-order valence-electron chi connectivity index (χ0n) is 8.48. The molecule has 82 valence electrons. The van der Waals surface area contributed by atoms with Gasteiger partial charge in [0.1, 0.15) is 0 Å². The molecule has 0 saturated heterocycles. The molecule has 0 saturated carbocycles. The third kappa shape index (κ3) is 6.62. The van der Waals surface area contributed by atoms with E-state index in [2.05, 4.69) is 5.32 Å². The third-order valence-corrected chi connectivity index (χ3v) is 2.37. The van der Waals surface area contributed by atoms with Crippen molar-refractivity contribution in [3.05, 3.63) is 0 Å². The third-order valence-electron chi connectivity index (χ3n) is 1.32. The van der Waals surface area contributed by atoms with E-state index in [1.807, 2.05) is 0 Å². The highest BCUT2D eigenvalue weighted by atomic mass is 31.2. The second kappa shape index (κ2) is 5.12. The molecule has 2 N–H and O–H groups in total. The van der Waals surface area contributed by atoms with Crippen molar-refractivity contribution in [3.63, 3.8) is 0 Å². The van der Waals surface area contributed by atoms with Gasteiger partial charge < -0.3 is 9.88 Å². The molecule has 7 heteroatoms. The Bertz CT molecular complexity index is 271. The Labute approximate surface area is 82.6 Å². The summed E-state index contributed by atoms with van der Waals surface area (Å²) in [5.41, 5.74) is 0. The topological polar surface area (TPSA) is 86.7 Å². The van der Waals surface area contributed by atoms with Gasteiger partial charge in [-0.15, -0.1) is 0 Å². The van der Waals surface area contributed by atoms with Gasteiger partial charge in [0.05, 0.1) is 19.8 Å². The predicted octanol–water partition coefficient (Wildman–Crippen LogP) is -0.427. The van der Waals surface area contributed by atoms with Crippen molar-refractivity contribution >= 4 is 19.0 Å². The van der Waals surface area contributed by atoms with Crippen LogP contribution in [-0.4, -0.2) is 55.2 Å². The zero-order chi connectivity index (χ0) is 11.4. The van der Waals surface area contributed by atoms with E-state index in [4.69, 9.17) is 5.21 Å². The summed E-state index contributed by atoms with van der Waals surface area (Å²) in [6.07, 6.45) is -0.0879. The van der Waals surface area contributed by atoms with Gasteiger partial charge in [-0.2, -0.15) is 0 Å². The van der Waals surface area contributed by atoms with Gasteiger partial charge in [0.2, 0.25) is 5.91 Å². The Morgan fingerprint density at radius 1 is 1.43 bits per heavy atom. The lowest BCUT2D eigenvalue weighted by atomic mass is 10.5. The number of nitrogens with zero attached hydrogens (tertiary/aromatic N) is 1. The average molecular weight is 222 g/mol. The summed E-state index contributed by atoms with van der Waals surface area (Å²) in [5.74, 6) is -1.08. The first kappa shape index (κ1) is 13.1. The number of carbonyl (C=O) groups is 2. The summed E-state index contributed by atoms with van der Waals surface area (Å²) in [5, 5.41) is 11.3. The number of carbonyl (C=O) groups excluding carboxylic acids is 2. The number of hydrogen-bond donors (Lipinski definition) is 2. The van der Waals surface area contributed by atoms with Crippen LogP contribution < -0.4 is 5.32 Å². The quantitative estimate of drug-likeness (QED) is 0.384.